The molecule has 124 valence electrons. The first-order chi connectivity index (χ1) is 11.0. The number of carboxylic acid groups (broad SMARTS) is 1. The van der Waals surface area contributed by atoms with Crippen LogP contribution in [0.4, 0.5) is 0 Å². The molecule has 0 saturated carbocycles. The van der Waals surface area contributed by atoms with Crippen LogP contribution in [-0.4, -0.2) is 49.3 Å². The molecule has 1 rings (SSSR count). The first kappa shape index (κ1) is 18.5. The van der Waals surface area contributed by atoms with Gasteiger partial charge < -0.3 is 19.5 Å². The van der Waals surface area contributed by atoms with E-state index in [1.165, 1.54) is 13.2 Å². The molecule has 0 heterocycles. The van der Waals surface area contributed by atoms with Crippen molar-refractivity contribution in [1.82, 2.24) is 4.90 Å². The van der Waals surface area contributed by atoms with Gasteiger partial charge in [0.15, 0.2) is 11.5 Å². The first-order valence-electron chi connectivity index (χ1n) is 7.43. The molecule has 0 aliphatic heterocycles. The molecule has 0 aromatic heterocycles. The topological polar surface area (TPSA) is 82.8 Å². The highest BCUT2D eigenvalue weighted by molar-refractivity contribution is 5.96. The fraction of sp³-hybridized carbons (Fsp3) is 0.412. The maximum Gasteiger partial charge on any atom is 0.346 e. The van der Waals surface area contributed by atoms with Crippen LogP contribution in [0, 0.1) is 11.3 Å². The average Bonchev–Trinajstić information content (AvgIpc) is 2.56. The third-order valence-corrected chi connectivity index (χ3v) is 3.41. The molecule has 0 saturated heterocycles. The Labute approximate surface area is 136 Å². The number of rotatable bonds is 9. The number of benzene rings is 1. The van der Waals surface area contributed by atoms with Gasteiger partial charge in [0.1, 0.15) is 18.2 Å². The van der Waals surface area contributed by atoms with Crippen LogP contribution in [0.2, 0.25) is 0 Å². The van der Waals surface area contributed by atoms with Crippen molar-refractivity contribution in [3.63, 3.8) is 0 Å². The molecular formula is C17H22N2O4. The lowest BCUT2D eigenvalue weighted by molar-refractivity contribution is -0.132. The van der Waals surface area contributed by atoms with E-state index in [-0.39, 0.29) is 5.57 Å². The van der Waals surface area contributed by atoms with Crippen LogP contribution in [0.1, 0.15) is 19.4 Å². The summed E-state index contributed by atoms with van der Waals surface area (Å²) in [6.07, 6.45) is 1.30. The van der Waals surface area contributed by atoms with E-state index < -0.39 is 5.97 Å². The van der Waals surface area contributed by atoms with Gasteiger partial charge in [0.2, 0.25) is 0 Å². The molecule has 6 nitrogen and oxygen atoms in total. The summed E-state index contributed by atoms with van der Waals surface area (Å²) < 4.78 is 11.0. The quantitative estimate of drug-likeness (QED) is 0.556. The summed E-state index contributed by atoms with van der Waals surface area (Å²) in [4.78, 5) is 13.1. The molecule has 0 aliphatic carbocycles. The van der Waals surface area contributed by atoms with Gasteiger partial charge in [0.05, 0.1) is 7.11 Å². The fourth-order valence-electron chi connectivity index (χ4n) is 2.03. The third-order valence-electron chi connectivity index (χ3n) is 3.41. The molecule has 1 aromatic rings. The van der Waals surface area contributed by atoms with Gasteiger partial charge in [-0.05, 0) is 36.9 Å². The van der Waals surface area contributed by atoms with Crippen LogP contribution in [0.15, 0.2) is 23.8 Å². The number of methoxy groups -OCH3 is 1. The van der Waals surface area contributed by atoms with Crippen molar-refractivity contribution in [1.29, 1.82) is 5.26 Å². The molecule has 1 N–H and O–H groups in total. The largest absolute Gasteiger partial charge is 0.493 e. The van der Waals surface area contributed by atoms with Crippen LogP contribution in [0.5, 0.6) is 11.5 Å². The van der Waals surface area contributed by atoms with Gasteiger partial charge in [0, 0.05) is 6.54 Å². The monoisotopic (exact) mass is 318 g/mol. The predicted octanol–water partition coefficient (Wildman–Crippen LogP) is 2.41. The summed E-state index contributed by atoms with van der Waals surface area (Å²) in [7, 11) is 1.52. The minimum absolute atomic E-state index is 0.331. The number of carboxylic acids is 1. The number of hydrogen-bond acceptors (Lipinski definition) is 5. The average molecular weight is 318 g/mol. The molecule has 0 spiro atoms. The van der Waals surface area contributed by atoms with Gasteiger partial charge in [-0.2, -0.15) is 5.26 Å². The summed E-state index contributed by atoms with van der Waals surface area (Å²) in [5, 5.41) is 17.7. The molecule has 1 aromatic carbocycles. The smallest absolute Gasteiger partial charge is 0.346 e. The molecule has 0 radical (unpaired) electrons. The first-order valence-corrected chi connectivity index (χ1v) is 7.43. The number of likely N-dealkylation sites (N-methyl/N-ethyl adjacent to an activating group) is 1. The Kier molecular flexibility index (Phi) is 7.64. The van der Waals surface area contributed by atoms with E-state index in [0.717, 1.165) is 19.6 Å². The SMILES string of the molecule is CCN(CC)CCOc1ccc(/C=C(\C#N)C(=O)O)cc1OC. The Morgan fingerprint density at radius 1 is 1.35 bits per heavy atom. The van der Waals surface area contributed by atoms with Crippen molar-refractivity contribution in [2.24, 2.45) is 0 Å². The number of nitriles is 1. The summed E-state index contributed by atoms with van der Waals surface area (Å²) in [6.45, 7) is 7.47. The summed E-state index contributed by atoms with van der Waals surface area (Å²) in [5.74, 6) is -0.169. The van der Waals surface area contributed by atoms with E-state index in [9.17, 15) is 4.79 Å². The lowest BCUT2D eigenvalue weighted by atomic mass is 10.1. The zero-order valence-electron chi connectivity index (χ0n) is 13.7. The minimum Gasteiger partial charge on any atom is -0.493 e. The van der Waals surface area contributed by atoms with Crippen LogP contribution < -0.4 is 9.47 Å². The number of nitrogens with zero attached hydrogens (tertiary/aromatic N) is 2. The maximum absolute atomic E-state index is 10.9. The predicted molar refractivity (Wildman–Crippen MR) is 87.5 cm³/mol. The highest BCUT2D eigenvalue weighted by atomic mass is 16.5. The molecule has 0 bridgehead atoms. The molecule has 0 amide bonds. The molecule has 0 unspecified atom stereocenters. The normalized spacial score (nSPS) is 11.2. The van der Waals surface area contributed by atoms with Crippen LogP contribution in [0.3, 0.4) is 0 Å². The number of carbonyl (C=O) groups is 1. The van der Waals surface area contributed by atoms with E-state index >= 15 is 0 Å². The third kappa shape index (κ3) is 5.64. The van der Waals surface area contributed by atoms with Gasteiger partial charge in [-0.3, -0.25) is 0 Å². The van der Waals surface area contributed by atoms with Gasteiger partial charge in [-0.25, -0.2) is 4.79 Å². The van der Waals surface area contributed by atoms with Gasteiger partial charge in [0.25, 0.3) is 0 Å². The van der Waals surface area contributed by atoms with E-state index in [1.54, 1.807) is 24.3 Å². The van der Waals surface area contributed by atoms with E-state index in [2.05, 4.69) is 18.7 Å². The highest BCUT2D eigenvalue weighted by Gasteiger charge is 2.09. The van der Waals surface area contributed by atoms with E-state index in [0.29, 0.717) is 23.7 Å². The summed E-state index contributed by atoms with van der Waals surface area (Å²) in [6, 6.07) is 6.69. The van der Waals surface area contributed by atoms with E-state index in [4.69, 9.17) is 19.8 Å². The Morgan fingerprint density at radius 2 is 2.04 bits per heavy atom. The van der Waals surface area contributed by atoms with Crippen molar-refractivity contribution >= 4 is 12.0 Å². The summed E-state index contributed by atoms with van der Waals surface area (Å²) in [5.41, 5.74) is 0.235. The van der Waals surface area contributed by atoms with Crippen molar-refractivity contribution < 1.29 is 19.4 Å². The van der Waals surface area contributed by atoms with E-state index in [1.807, 2.05) is 0 Å². The molecule has 0 atom stereocenters. The number of ether oxygens (including phenoxy) is 2. The van der Waals surface area contributed by atoms with Gasteiger partial charge in [-0.1, -0.05) is 19.9 Å². The second kappa shape index (κ2) is 9.49. The second-order valence-electron chi connectivity index (χ2n) is 4.76. The lowest BCUT2D eigenvalue weighted by Crippen LogP contribution is -2.27. The van der Waals surface area contributed by atoms with Crippen molar-refractivity contribution in [2.75, 3.05) is 33.4 Å². The zero-order valence-corrected chi connectivity index (χ0v) is 13.7. The zero-order chi connectivity index (χ0) is 17.2. The number of aliphatic carboxylic acids is 1. The lowest BCUT2D eigenvalue weighted by Gasteiger charge is -2.18. The Bertz CT molecular complexity index is 601. The molecule has 23 heavy (non-hydrogen) atoms. The van der Waals surface area contributed by atoms with Crippen LogP contribution in [-0.2, 0) is 4.79 Å². The second-order valence-corrected chi connectivity index (χ2v) is 4.76. The summed E-state index contributed by atoms with van der Waals surface area (Å²) >= 11 is 0. The highest BCUT2D eigenvalue weighted by Crippen LogP contribution is 2.29. The minimum atomic E-state index is -1.26. The van der Waals surface area contributed by atoms with Crippen molar-refractivity contribution in [3.8, 4) is 17.6 Å². The van der Waals surface area contributed by atoms with Crippen LogP contribution >= 0.6 is 0 Å². The molecule has 0 fully saturated rings. The maximum atomic E-state index is 10.9. The standard InChI is InChI=1S/C17H22N2O4/c1-4-19(5-2)8-9-23-15-7-6-13(11-16(15)22-3)10-14(12-18)17(20)21/h6-7,10-11H,4-5,8-9H2,1-3H3,(H,20,21)/b14-10+. The number of hydrogen-bond donors (Lipinski definition) is 1. The Balaban J connectivity index is 2.85. The van der Waals surface area contributed by atoms with Gasteiger partial charge in [-0.15, -0.1) is 0 Å². The molecule has 0 aliphatic rings. The van der Waals surface area contributed by atoms with Crippen LogP contribution in [0.25, 0.3) is 6.08 Å². The Morgan fingerprint density at radius 3 is 2.57 bits per heavy atom. The van der Waals surface area contributed by atoms with Crippen molar-refractivity contribution in [3.05, 3.63) is 29.3 Å². The molecular weight excluding hydrogens is 296 g/mol. The van der Waals surface area contributed by atoms with Gasteiger partial charge >= 0.3 is 5.97 Å². The molecule has 6 heteroatoms. The Hall–Kier alpha value is -2.52. The fourth-order valence-corrected chi connectivity index (χ4v) is 2.03. The van der Waals surface area contributed by atoms with Crippen molar-refractivity contribution in [2.45, 2.75) is 13.8 Å².